The lowest BCUT2D eigenvalue weighted by atomic mass is 9.84. The molecule has 0 fully saturated rings. The first kappa shape index (κ1) is 24.5. The first-order valence-electron chi connectivity index (χ1n) is 11.3. The van der Waals surface area contributed by atoms with Crippen molar-refractivity contribution in [2.75, 3.05) is 0 Å². The Hall–Kier alpha value is -2.65. The standard InChI is InChI=1S/C30H28Cl2O2/c1-18-17-26-24(20-9-13-22(31)14-10-20)7-6-8-25(26)28(21-11-15-23(32)16-12-21)27(18)29(19(2)33)34-30(3,4)5/h6-17,29H,1-5H3. The Morgan fingerprint density at radius 1 is 0.824 bits per heavy atom. The van der Waals surface area contributed by atoms with Crippen LogP contribution in [0.5, 0.6) is 0 Å². The van der Waals surface area contributed by atoms with Gasteiger partial charge in [0, 0.05) is 10.0 Å². The molecule has 1 atom stereocenters. The summed E-state index contributed by atoms with van der Waals surface area (Å²) < 4.78 is 6.34. The molecule has 4 aromatic rings. The van der Waals surface area contributed by atoms with Gasteiger partial charge in [0.1, 0.15) is 6.10 Å². The Bertz CT molecular complexity index is 1350. The molecule has 0 bridgehead atoms. The zero-order valence-corrected chi connectivity index (χ0v) is 21.6. The molecule has 4 rings (SSSR count). The van der Waals surface area contributed by atoms with Crippen molar-refractivity contribution in [2.24, 2.45) is 0 Å². The van der Waals surface area contributed by atoms with E-state index >= 15 is 0 Å². The van der Waals surface area contributed by atoms with Gasteiger partial charge in [-0.15, -0.1) is 0 Å². The van der Waals surface area contributed by atoms with E-state index in [1.54, 1.807) is 6.92 Å². The molecule has 34 heavy (non-hydrogen) atoms. The Balaban J connectivity index is 2.09. The first-order valence-corrected chi connectivity index (χ1v) is 12.1. The van der Waals surface area contributed by atoms with Gasteiger partial charge in [0.2, 0.25) is 0 Å². The maximum atomic E-state index is 12.9. The second-order valence-corrected chi connectivity index (χ2v) is 10.5. The predicted molar refractivity (Wildman–Crippen MR) is 144 cm³/mol. The summed E-state index contributed by atoms with van der Waals surface area (Å²) in [6.45, 7) is 9.56. The second-order valence-electron chi connectivity index (χ2n) is 9.62. The fourth-order valence-electron chi connectivity index (χ4n) is 4.42. The van der Waals surface area contributed by atoms with E-state index in [-0.39, 0.29) is 5.78 Å². The highest BCUT2D eigenvalue weighted by molar-refractivity contribution is 6.31. The smallest absolute Gasteiger partial charge is 0.163 e. The zero-order chi connectivity index (χ0) is 24.6. The Morgan fingerprint density at radius 3 is 1.91 bits per heavy atom. The van der Waals surface area contributed by atoms with Gasteiger partial charge in [0.25, 0.3) is 0 Å². The molecule has 0 spiro atoms. The van der Waals surface area contributed by atoms with Crippen molar-refractivity contribution in [1.82, 2.24) is 0 Å². The monoisotopic (exact) mass is 490 g/mol. The molecule has 0 radical (unpaired) electrons. The van der Waals surface area contributed by atoms with Crippen molar-refractivity contribution in [2.45, 2.75) is 46.3 Å². The molecule has 0 saturated heterocycles. The number of ketones is 1. The summed E-state index contributed by atoms with van der Waals surface area (Å²) in [5.74, 6) is -0.0264. The minimum absolute atomic E-state index is 0.0264. The molecule has 0 aliphatic heterocycles. The molecule has 1 unspecified atom stereocenters. The molecule has 0 aliphatic rings. The summed E-state index contributed by atoms with van der Waals surface area (Å²) in [4.78, 5) is 12.9. The van der Waals surface area contributed by atoms with E-state index in [1.165, 1.54) is 0 Å². The SMILES string of the molecule is CC(=O)C(OC(C)(C)C)c1c(C)cc2c(-c3ccc(Cl)cc3)cccc2c1-c1ccc(Cl)cc1. The lowest BCUT2D eigenvalue weighted by Gasteiger charge is -2.30. The molecule has 4 aromatic carbocycles. The van der Waals surface area contributed by atoms with Crippen molar-refractivity contribution in [3.8, 4) is 22.3 Å². The van der Waals surface area contributed by atoms with Gasteiger partial charge < -0.3 is 4.74 Å². The van der Waals surface area contributed by atoms with E-state index in [0.29, 0.717) is 10.0 Å². The molecule has 0 aromatic heterocycles. The number of carbonyl (C=O) groups excluding carboxylic acids is 1. The molecule has 2 nitrogen and oxygen atoms in total. The van der Waals surface area contributed by atoms with Crippen LogP contribution in [-0.4, -0.2) is 11.4 Å². The summed E-state index contributed by atoms with van der Waals surface area (Å²) in [6, 6.07) is 24.1. The summed E-state index contributed by atoms with van der Waals surface area (Å²) in [6.07, 6.45) is -0.686. The number of benzene rings is 4. The van der Waals surface area contributed by atoms with Gasteiger partial charge in [0.05, 0.1) is 5.60 Å². The van der Waals surface area contributed by atoms with E-state index in [0.717, 1.165) is 44.2 Å². The highest BCUT2D eigenvalue weighted by Gasteiger charge is 2.29. The molecule has 0 saturated carbocycles. The van der Waals surface area contributed by atoms with E-state index in [9.17, 15) is 4.79 Å². The molecular weight excluding hydrogens is 463 g/mol. The van der Waals surface area contributed by atoms with Crippen LogP contribution in [0.4, 0.5) is 0 Å². The van der Waals surface area contributed by atoms with Crippen LogP contribution in [0.15, 0.2) is 72.8 Å². The third-order valence-electron chi connectivity index (χ3n) is 5.82. The van der Waals surface area contributed by atoms with Crippen LogP contribution >= 0.6 is 23.2 Å². The Labute approximate surface area is 211 Å². The zero-order valence-electron chi connectivity index (χ0n) is 20.1. The maximum absolute atomic E-state index is 12.9. The molecule has 0 N–H and O–H groups in total. The van der Waals surface area contributed by atoms with Crippen molar-refractivity contribution >= 4 is 39.8 Å². The molecular formula is C30H28Cl2O2. The highest BCUT2D eigenvalue weighted by atomic mass is 35.5. The first-order chi connectivity index (χ1) is 16.0. The van der Waals surface area contributed by atoms with Gasteiger partial charge in [-0.2, -0.15) is 0 Å². The third kappa shape index (κ3) is 5.05. The number of hydrogen-bond donors (Lipinski definition) is 0. The summed E-state index contributed by atoms with van der Waals surface area (Å²) >= 11 is 12.4. The minimum Gasteiger partial charge on any atom is -0.360 e. The van der Waals surface area contributed by atoms with Crippen LogP contribution in [0.2, 0.25) is 10.0 Å². The molecule has 4 heteroatoms. The number of halogens is 2. The van der Waals surface area contributed by atoms with E-state index in [4.69, 9.17) is 27.9 Å². The van der Waals surface area contributed by atoms with Crippen LogP contribution in [-0.2, 0) is 9.53 Å². The predicted octanol–water partition coefficient (Wildman–Crippen LogP) is 9.23. The second kappa shape index (κ2) is 9.54. The van der Waals surface area contributed by atoms with Gasteiger partial charge in [-0.3, -0.25) is 4.79 Å². The van der Waals surface area contributed by atoms with Crippen molar-refractivity contribution in [3.63, 3.8) is 0 Å². The van der Waals surface area contributed by atoms with E-state index in [2.05, 4.69) is 31.2 Å². The average molecular weight is 491 g/mol. The average Bonchev–Trinajstić information content (AvgIpc) is 2.77. The number of ether oxygens (including phenoxy) is 1. The minimum atomic E-state index is -0.686. The van der Waals surface area contributed by atoms with Crippen LogP contribution in [0.3, 0.4) is 0 Å². The van der Waals surface area contributed by atoms with Crippen LogP contribution in [0.1, 0.15) is 44.9 Å². The Kier molecular flexibility index (Phi) is 6.87. The number of Topliss-reactive ketones (excluding diaryl/α,β-unsaturated/α-hetero) is 1. The van der Waals surface area contributed by atoms with Crippen LogP contribution < -0.4 is 0 Å². The topological polar surface area (TPSA) is 26.3 Å². The quantitative estimate of drug-likeness (QED) is 0.278. The molecule has 0 aliphatic carbocycles. The third-order valence-corrected chi connectivity index (χ3v) is 6.33. The number of fused-ring (bicyclic) bond motifs is 1. The van der Waals surface area contributed by atoms with Crippen molar-refractivity contribution in [1.29, 1.82) is 0 Å². The highest BCUT2D eigenvalue weighted by Crippen LogP contribution is 2.43. The largest absolute Gasteiger partial charge is 0.360 e. The lowest BCUT2D eigenvalue weighted by Crippen LogP contribution is -2.27. The maximum Gasteiger partial charge on any atom is 0.163 e. The summed E-state index contributed by atoms with van der Waals surface area (Å²) in [7, 11) is 0. The number of hydrogen-bond acceptors (Lipinski definition) is 2. The number of aryl methyl sites for hydroxylation is 1. The molecule has 0 amide bonds. The van der Waals surface area contributed by atoms with Gasteiger partial charge in [-0.25, -0.2) is 0 Å². The lowest BCUT2D eigenvalue weighted by molar-refractivity contribution is -0.138. The van der Waals surface area contributed by atoms with Gasteiger partial charge >= 0.3 is 0 Å². The fourth-order valence-corrected chi connectivity index (χ4v) is 4.67. The van der Waals surface area contributed by atoms with Crippen molar-refractivity contribution < 1.29 is 9.53 Å². The van der Waals surface area contributed by atoms with Crippen molar-refractivity contribution in [3.05, 3.63) is 94.0 Å². The van der Waals surface area contributed by atoms with Gasteiger partial charge in [-0.1, -0.05) is 71.7 Å². The normalized spacial score (nSPS) is 12.7. The number of rotatable bonds is 5. The van der Waals surface area contributed by atoms with E-state index in [1.807, 2.05) is 69.3 Å². The van der Waals surface area contributed by atoms with Gasteiger partial charge in [-0.05, 0) is 103 Å². The molecule has 0 heterocycles. The van der Waals surface area contributed by atoms with Crippen LogP contribution in [0.25, 0.3) is 33.0 Å². The molecule has 174 valence electrons. The Morgan fingerprint density at radius 2 is 1.38 bits per heavy atom. The van der Waals surface area contributed by atoms with Gasteiger partial charge in [0.15, 0.2) is 5.78 Å². The fraction of sp³-hybridized carbons (Fsp3) is 0.233. The summed E-state index contributed by atoms with van der Waals surface area (Å²) in [5, 5.41) is 3.53. The van der Waals surface area contributed by atoms with E-state index < -0.39 is 11.7 Å². The summed E-state index contributed by atoms with van der Waals surface area (Å²) in [5.41, 5.74) is 5.58. The van der Waals surface area contributed by atoms with Crippen LogP contribution in [0, 0.1) is 6.92 Å². The number of carbonyl (C=O) groups is 1.